The second-order valence-electron chi connectivity index (χ2n) is 3.24. The Hall–Kier alpha value is -1.82. The van der Waals surface area contributed by atoms with Crippen LogP contribution in [0.4, 0.5) is 0 Å². The summed E-state index contributed by atoms with van der Waals surface area (Å²) in [6.45, 7) is 1.89. The fourth-order valence-electron chi connectivity index (χ4n) is 1.19. The molecule has 0 unspecified atom stereocenters. The van der Waals surface area contributed by atoms with Crippen molar-refractivity contribution in [2.45, 2.75) is 17.0 Å². The van der Waals surface area contributed by atoms with Gasteiger partial charge < -0.3 is 0 Å². The molecule has 6 heteroatoms. The second kappa shape index (κ2) is 3.97. The van der Waals surface area contributed by atoms with E-state index in [4.69, 9.17) is 0 Å². The van der Waals surface area contributed by atoms with E-state index in [1.807, 2.05) is 6.92 Å². The number of hydrogen-bond acceptors (Lipinski definition) is 5. The normalized spacial score (nSPS) is 11.3. The maximum atomic E-state index is 12.0. The first-order valence-corrected chi connectivity index (χ1v) is 6.03. The van der Waals surface area contributed by atoms with Crippen LogP contribution in [0.5, 0.6) is 0 Å². The Morgan fingerprint density at radius 2 is 1.56 bits per heavy atom. The maximum absolute atomic E-state index is 12.0. The van der Waals surface area contributed by atoms with Gasteiger partial charge in [-0.2, -0.15) is 0 Å². The number of hydrogen-bond donors (Lipinski definition) is 0. The Morgan fingerprint density at radius 3 is 2.12 bits per heavy atom. The number of rotatable bonds is 2. The summed E-state index contributed by atoms with van der Waals surface area (Å²) >= 11 is 0. The van der Waals surface area contributed by atoms with E-state index in [0.717, 1.165) is 18.2 Å². The van der Waals surface area contributed by atoms with Gasteiger partial charge in [-0.15, -0.1) is 0 Å². The van der Waals surface area contributed by atoms with E-state index in [-0.39, 0.29) is 10.1 Å². The summed E-state index contributed by atoms with van der Waals surface area (Å²) in [5.74, 6) is 0. The van der Waals surface area contributed by atoms with Crippen LogP contribution >= 0.6 is 0 Å². The third-order valence-electron chi connectivity index (χ3n) is 2.04. The predicted octanol–water partition coefficient (Wildman–Crippen LogP) is 1.01. The van der Waals surface area contributed by atoms with E-state index < -0.39 is 9.84 Å². The molecule has 2 rings (SSSR count). The lowest BCUT2D eigenvalue weighted by Gasteiger charge is -2.01. The molecule has 0 saturated carbocycles. The first-order chi connectivity index (χ1) is 7.60. The van der Waals surface area contributed by atoms with Crippen LogP contribution in [0.25, 0.3) is 0 Å². The van der Waals surface area contributed by atoms with Crippen LogP contribution in [0.1, 0.15) is 5.56 Å². The summed E-state index contributed by atoms with van der Waals surface area (Å²) in [7, 11) is -3.62. The van der Waals surface area contributed by atoms with Gasteiger partial charge in [0.25, 0.3) is 5.16 Å². The minimum atomic E-state index is -3.62. The number of nitrogens with zero attached hydrogens (tertiary/aromatic N) is 3. The van der Waals surface area contributed by atoms with Crippen LogP contribution in [0, 0.1) is 6.92 Å². The van der Waals surface area contributed by atoms with Crippen molar-refractivity contribution < 1.29 is 8.42 Å². The zero-order valence-electron chi connectivity index (χ0n) is 8.53. The number of aryl methyl sites for hydroxylation is 1. The molecule has 0 spiro atoms. The average molecular weight is 235 g/mol. The lowest BCUT2D eigenvalue weighted by molar-refractivity contribution is 0.585. The largest absolute Gasteiger partial charge is 0.254 e. The highest BCUT2D eigenvalue weighted by Gasteiger charge is 2.20. The molecule has 82 valence electrons. The minimum absolute atomic E-state index is 0.185. The fraction of sp³-hybridized carbons (Fsp3) is 0.100. The Labute approximate surface area is 93.1 Å². The van der Waals surface area contributed by atoms with E-state index in [0.29, 0.717) is 0 Å². The van der Waals surface area contributed by atoms with Gasteiger partial charge in [-0.05, 0) is 19.1 Å². The third-order valence-corrected chi connectivity index (χ3v) is 3.63. The summed E-state index contributed by atoms with van der Waals surface area (Å²) in [5, 5.41) is -0.230. The maximum Gasteiger partial charge on any atom is 0.254 e. The molecule has 0 bridgehead atoms. The van der Waals surface area contributed by atoms with Crippen molar-refractivity contribution in [1.82, 2.24) is 15.0 Å². The Morgan fingerprint density at radius 1 is 1.00 bits per heavy atom. The molecule has 16 heavy (non-hydrogen) atoms. The van der Waals surface area contributed by atoms with Gasteiger partial charge in [-0.3, -0.25) is 0 Å². The Balaban J connectivity index is 2.52. The number of sulfone groups is 1. The molecule has 1 heterocycles. The number of aromatic nitrogens is 3. The van der Waals surface area contributed by atoms with Crippen molar-refractivity contribution in [1.29, 1.82) is 0 Å². The smallest absolute Gasteiger partial charge is 0.225 e. The van der Waals surface area contributed by atoms with E-state index in [1.165, 1.54) is 12.1 Å². The summed E-state index contributed by atoms with van der Waals surface area (Å²) in [4.78, 5) is 11.0. The lowest BCUT2D eigenvalue weighted by Crippen LogP contribution is -2.06. The summed E-state index contributed by atoms with van der Waals surface area (Å²) < 4.78 is 24.0. The average Bonchev–Trinajstić information content (AvgIpc) is 2.31. The van der Waals surface area contributed by atoms with E-state index in [9.17, 15) is 8.42 Å². The molecule has 0 saturated heterocycles. The van der Waals surface area contributed by atoms with Crippen molar-refractivity contribution in [3.8, 4) is 0 Å². The molecule has 0 aliphatic heterocycles. The van der Waals surface area contributed by atoms with Gasteiger partial charge in [0.15, 0.2) is 0 Å². The van der Waals surface area contributed by atoms with Crippen molar-refractivity contribution in [2.75, 3.05) is 0 Å². The van der Waals surface area contributed by atoms with Gasteiger partial charge in [-0.1, -0.05) is 17.7 Å². The lowest BCUT2D eigenvalue weighted by atomic mass is 10.2. The molecule has 0 radical (unpaired) electrons. The van der Waals surface area contributed by atoms with Crippen molar-refractivity contribution in [3.05, 3.63) is 42.5 Å². The van der Waals surface area contributed by atoms with Crippen molar-refractivity contribution in [3.63, 3.8) is 0 Å². The second-order valence-corrected chi connectivity index (χ2v) is 5.08. The van der Waals surface area contributed by atoms with Gasteiger partial charge >= 0.3 is 0 Å². The van der Waals surface area contributed by atoms with Crippen LogP contribution in [-0.4, -0.2) is 23.4 Å². The highest BCUT2D eigenvalue weighted by atomic mass is 32.2. The van der Waals surface area contributed by atoms with Gasteiger partial charge in [0, 0.05) is 0 Å². The van der Waals surface area contributed by atoms with Gasteiger partial charge in [0.1, 0.15) is 12.7 Å². The highest BCUT2D eigenvalue weighted by Crippen LogP contribution is 2.16. The minimum Gasteiger partial charge on any atom is -0.225 e. The first-order valence-electron chi connectivity index (χ1n) is 4.54. The summed E-state index contributed by atoms with van der Waals surface area (Å²) in [5.41, 5.74) is 0.995. The molecule has 0 aliphatic rings. The molecular formula is C10H9N3O2S. The predicted molar refractivity (Wildman–Crippen MR) is 56.5 cm³/mol. The SMILES string of the molecule is Cc1ccc(S(=O)(=O)c2ncncn2)cc1. The zero-order chi connectivity index (χ0) is 11.6. The molecule has 0 fully saturated rings. The summed E-state index contributed by atoms with van der Waals surface area (Å²) in [6, 6.07) is 6.53. The topological polar surface area (TPSA) is 72.8 Å². The Kier molecular flexibility index (Phi) is 2.66. The molecule has 1 aromatic heterocycles. The molecule has 2 aromatic rings. The standard InChI is InChI=1S/C10H9N3O2S/c1-8-2-4-9(5-3-8)16(14,15)10-12-6-11-7-13-10/h2-7H,1H3. The third kappa shape index (κ3) is 1.92. The zero-order valence-corrected chi connectivity index (χ0v) is 9.35. The molecule has 0 atom stereocenters. The molecular weight excluding hydrogens is 226 g/mol. The van der Waals surface area contributed by atoms with Crippen LogP contribution in [0.2, 0.25) is 0 Å². The van der Waals surface area contributed by atoms with Crippen LogP contribution in [0.15, 0.2) is 47.0 Å². The van der Waals surface area contributed by atoms with Crippen LogP contribution in [-0.2, 0) is 9.84 Å². The highest BCUT2D eigenvalue weighted by molar-refractivity contribution is 7.91. The van der Waals surface area contributed by atoms with Gasteiger partial charge in [0.2, 0.25) is 9.84 Å². The molecule has 0 aliphatic carbocycles. The van der Waals surface area contributed by atoms with Crippen LogP contribution in [0.3, 0.4) is 0 Å². The van der Waals surface area contributed by atoms with E-state index in [2.05, 4.69) is 15.0 Å². The molecule has 1 aromatic carbocycles. The molecule has 5 nitrogen and oxygen atoms in total. The van der Waals surface area contributed by atoms with Crippen molar-refractivity contribution >= 4 is 9.84 Å². The van der Waals surface area contributed by atoms with Gasteiger partial charge in [0.05, 0.1) is 4.90 Å². The summed E-state index contributed by atoms with van der Waals surface area (Å²) in [6.07, 6.45) is 2.32. The van der Waals surface area contributed by atoms with Crippen LogP contribution < -0.4 is 0 Å². The number of benzene rings is 1. The van der Waals surface area contributed by atoms with Gasteiger partial charge in [-0.25, -0.2) is 23.4 Å². The fourth-order valence-corrected chi connectivity index (χ4v) is 2.27. The molecule has 0 N–H and O–H groups in total. The Bertz CT molecular complexity index is 579. The van der Waals surface area contributed by atoms with E-state index in [1.54, 1.807) is 12.1 Å². The quantitative estimate of drug-likeness (QED) is 0.776. The first kappa shape index (κ1) is 10.7. The van der Waals surface area contributed by atoms with E-state index >= 15 is 0 Å². The molecule has 0 amide bonds. The monoisotopic (exact) mass is 235 g/mol. The van der Waals surface area contributed by atoms with Crippen molar-refractivity contribution in [2.24, 2.45) is 0 Å².